The second-order valence-electron chi connectivity index (χ2n) is 4.84. The Hall–Kier alpha value is -2.89. The van der Waals surface area contributed by atoms with Gasteiger partial charge in [-0.2, -0.15) is 0 Å². The van der Waals surface area contributed by atoms with Crippen LogP contribution in [0.15, 0.2) is 33.5 Å². The lowest BCUT2D eigenvalue weighted by molar-refractivity contribution is 0.174. The Kier molecular flexibility index (Phi) is 2.66. The molecule has 4 rings (SSSR count). The van der Waals surface area contributed by atoms with Crippen LogP contribution in [0.3, 0.4) is 0 Å². The van der Waals surface area contributed by atoms with Gasteiger partial charge >= 0.3 is 5.63 Å². The van der Waals surface area contributed by atoms with Crippen molar-refractivity contribution in [2.75, 3.05) is 21.0 Å². The van der Waals surface area contributed by atoms with E-state index in [4.69, 9.17) is 23.4 Å². The van der Waals surface area contributed by atoms with Gasteiger partial charge < -0.3 is 23.4 Å². The normalized spacial score (nSPS) is 12.8. The minimum absolute atomic E-state index is 0.153. The van der Waals surface area contributed by atoms with Crippen molar-refractivity contribution in [2.24, 2.45) is 0 Å². The zero-order valence-electron chi connectivity index (χ0n) is 12.0. The number of hydrogen-bond acceptors (Lipinski definition) is 6. The number of fused-ring (bicyclic) bond motifs is 4. The number of benzene rings is 2. The molecule has 0 spiro atoms. The lowest BCUT2D eigenvalue weighted by Gasteiger charge is -2.10. The van der Waals surface area contributed by atoms with E-state index in [-0.39, 0.29) is 6.79 Å². The molecule has 1 aromatic heterocycles. The second kappa shape index (κ2) is 4.56. The quantitative estimate of drug-likeness (QED) is 0.535. The van der Waals surface area contributed by atoms with Gasteiger partial charge in [0.2, 0.25) is 6.79 Å². The van der Waals surface area contributed by atoms with Gasteiger partial charge in [-0.1, -0.05) is 0 Å². The molecule has 0 saturated heterocycles. The van der Waals surface area contributed by atoms with Crippen LogP contribution >= 0.6 is 0 Å². The summed E-state index contributed by atoms with van der Waals surface area (Å²) in [4.78, 5) is 12.3. The van der Waals surface area contributed by atoms with Crippen LogP contribution in [-0.4, -0.2) is 21.0 Å². The molecule has 0 atom stereocenters. The highest BCUT2D eigenvalue weighted by Gasteiger charge is 2.20. The maximum absolute atomic E-state index is 12.3. The third-order valence-electron chi connectivity index (χ3n) is 3.70. The van der Waals surface area contributed by atoms with Crippen molar-refractivity contribution in [1.82, 2.24) is 0 Å². The summed E-state index contributed by atoms with van der Waals surface area (Å²) in [5, 5.41) is 1.78. The first-order valence-electron chi connectivity index (χ1n) is 6.63. The van der Waals surface area contributed by atoms with Gasteiger partial charge in [-0.25, -0.2) is 4.79 Å². The van der Waals surface area contributed by atoms with Gasteiger partial charge in [0.05, 0.1) is 14.2 Å². The lowest BCUT2D eigenvalue weighted by atomic mass is 10.1. The average Bonchev–Trinajstić information content (AvgIpc) is 2.99. The molecule has 6 nitrogen and oxygen atoms in total. The van der Waals surface area contributed by atoms with Gasteiger partial charge in [0.25, 0.3) is 0 Å². The van der Waals surface area contributed by atoms with E-state index in [1.165, 1.54) is 7.11 Å². The predicted molar refractivity (Wildman–Crippen MR) is 79.2 cm³/mol. The van der Waals surface area contributed by atoms with Crippen LogP contribution < -0.4 is 24.6 Å². The van der Waals surface area contributed by atoms with Gasteiger partial charge in [-0.3, -0.25) is 0 Å². The zero-order chi connectivity index (χ0) is 15.3. The molecule has 0 N–H and O–H groups in total. The molecule has 3 aromatic rings. The van der Waals surface area contributed by atoms with Crippen molar-refractivity contribution in [3.05, 3.63) is 34.7 Å². The van der Waals surface area contributed by atoms with Gasteiger partial charge in [-0.05, 0) is 12.1 Å². The van der Waals surface area contributed by atoms with Gasteiger partial charge in [-0.15, -0.1) is 0 Å². The standard InChI is InChI=1S/C16H12O6/c1-18-8-3-10-9-5-12-13(21-7-20-12)6-11(9)22-16(17)15(10)14(4-8)19-2/h3-6H,7H2,1-2H3. The molecule has 6 heteroatoms. The Morgan fingerprint density at radius 1 is 0.955 bits per heavy atom. The monoisotopic (exact) mass is 300 g/mol. The van der Waals surface area contributed by atoms with Crippen molar-refractivity contribution in [3.8, 4) is 23.0 Å². The van der Waals surface area contributed by atoms with Crippen molar-refractivity contribution in [2.45, 2.75) is 0 Å². The summed E-state index contributed by atoms with van der Waals surface area (Å²) in [5.41, 5.74) is -0.0436. The molecular formula is C16H12O6. The lowest BCUT2D eigenvalue weighted by Crippen LogP contribution is -2.03. The molecule has 0 bridgehead atoms. The van der Waals surface area contributed by atoms with Gasteiger partial charge in [0, 0.05) is 22.9 Å². The molecule has 1 aliphatic rings. The molecule has 1 aliphatic heterocycles. The summed E-state index contributed by atoms with van der Waals surface area (Å²) in [6.45, 7) is 0.153. The molecule has 0 saturated carbocycles. The minimum Gasteiger partial charge on any atom is -0.497 e. The summed E-state index contributed by atoms with van der Waals surface area (Å²) in [5.74, 6) is 2.17. The van der Waals surface area contributed by atoms with E-state index in [0.717, 1.165) is 5.39 Å². The summed E-state index contributed by atoms with van der Waals surface area (Å²) in [6.07, 6.45) is 0. The third-order valence-corrected chi connectivity index (χ3v) is 3.70. The van der Waals surface area contributed by atoms with Crippen molar-refractivity contribution in [3.63, 3.8) is 0 Å². The first-order valence-corrected chi connectivity index (χ1v) is 6.63. The molecule has 0 fully saturated rings. The molecule has 112 valence electrons. The number of methoxy groups -OCH3 is 2. The summed E-state index contributed by atoms with van der Waals surface area (Å²) < 4.78 is 26.7. The maximum Gasteiger partial charge on any atom is 0.347 e. The largest absolute Gasteiger partial charge is 0.497 e. The van der Waals surface area contributed by atoms with Crippen LogP contribution in [-0.2, 0) is 0 Å². The summed E-state index contributed by atoms with van der Waals surface area (Å²) in [6, 6.07) is 6.88. The Labute approximate surface area is 124 Å². The van der Waals surface area contributed by atoms with E-state index in [1.54, 1.807) is 31.4 Å². The molecule has 2 heterocycles. The Balaban J connectivity index is 2.20. The first-order chi connectivity index (χ1) is 10.7. The van der Waals surface area contributed by atoms with Gasteiger partial charge in [0.15, 0.2) is 11.5 Å². The topological polar surface area (TPSA) is 67.1 Å². The van der Waals surface area contributed by atoms with E-state index in [0.29, 0.717) is 39.4 Å². The molecule has 22 heavy (non-hydrogen) atoms. The summed E-state index contributed by atoms with van der Waals surface area (Å²) in [7, 11) is 3.06. The molecule has 0 aliphatic carbocycles. The molecule has 0 amide bonds. The third kappa shape index (κ3) is 1.70. The van der Waals surface area contributed by atoms with E-state index in [2.05, 4.69) is 0 Å². The van der Waals surface area contributed by atoms with Crippen molar-refractivity contribution >= 4 is 21.7 Å². The highest BCUT2D eigenvalue weighted by molar-refractivity contribution is 6.08. The Morgan fingerprint density at radius 2 is 1.73 bits per heavy atom. The molecule has 2 aromatic carbocycles. The van der Waals surface area contributed by atoms with E-state index in [9.17, 15) is 4.79 Å². The molecule has 0 radical (unpaired) electrons. The van der Waals surface area contributed by atoms with Crippen molar-refractivity contribution in [1.29, 1.82) is 0 Å². The number of hydrogen-bond donors (Lipinski definition) is 0. The Bertz CT molecular complexity index is 956. The predicted octanol–water partition coefficient (Wildman–Crippen LogP) is 2.69. The van der Waals surface area contributed by atoms with Crippen molar-refractivity contribution < 1.29 is 23.4 Å². The van der Waals surface area contributed by atoms with Crippen LogP contribution in [0.4, 0.5) is 0 Å². The highest BCUT2D eigenvalue weighted by Crippen LogP contribution is 2.40. The van der Waals surface area contributed by atoms with Crippen LogP contribution in [0.5, 0.6) is 23.0 Å². The van der Waals surface area contributed by atoms with E-state index in [1.807, 2.05) is 0 Å². The first kappa shape index (κ1) is 12.8. The maximum atomic E-state index is 12.3. The van der Waals surface area contributed by atoms with E-state index >= 15 is 0 Å². The fourth-order valence-corrected chi connectivity index (χ4v) is 2.66. The minimum atomic E-state index is -0.471. The molecular weight excluding hydrogens is 288 g/mol. The van der Waals surface area contributed by atoms with Crippen LogP contribution in [0, 0.1) is 0 Å². The van der Waals surface area contributed by atoms with Gasteiger partial charge in [0.1, 0.15) is 22.5 Å². The molecule has 0 unspecified atom stereocenters. The average molecular weight is 300 g/mol. The zero-order valence-corrected chi connectivity index (χ0v) is 12.0. The smallest absolute Gasteiger partial charge is 0.347 e. The number of rotatable bonds is 2. The SMILES string of the molecule is COc1cc(OC)c2c(=O)oc3cc4c(cc3c2c1)OCO4. The fourth-order valence-electron chi connectivity index (χ4n) is 2.66. The van der Waals surface area contributed by atoms with Crippen LogP contribution in [0.25, 0.3) is 21.7 Å². The second-order valence-corrected chi connectivity index (χ2v) is 4.84. The summed E-state index contributed by atoms with van der Waals surface area (Å²) >= 11 is 0. The van der Waals surface area contributed by atoms with Crippen LogP contribution in [0.1, 0.15) is 0 Å². The highest BCUT2D eigenvalue weighted by atomic mass is 16.7. The fraction of sp³-hybridized carbons (Fsp3) is 0.188. The van der Waals surface area contributed by atoms with Crippen LogP contribution in [0.2, 0.25) is 0 Å². The Morgan fingerprint density at radius 3 is 2.45 bits per heavy atom. The number of ether oxygens (including phenoxy) is 4. The van der Waals surface area contributed by atoms with E-state index < -0.39 is 5.63 Å².